The first-order chi connectivity index (χ1) is 10.7. The van der Waals surface area contributed by atoms with Crippen molar-refractivity contribution in [3.8, 4) is 0 Å². The van der Waals surface area contributed by atoms with E-state index in [-0.39, 0.29) is 12.1 Å². The minimum atomic E-state index is -0.324. The second-order valence-electron chi connectivity index (χ2n) is 5.52. The second kappa shape index (κ2) is 6.06. The molecule has 2 aromatic rings. The molecule has 1 atom stereocenters. The Labute approximate surface area is 130 Å². The maximum atomic E-state index is 12.3. The number of methoxy groups -OCH3 is 1. The van der Waals surface area contributed by atoms with Crippen LogP contribution in [0.4, 0.5) is 10.5 Å². The Bertz CT molecular complexity index is 707. The van der Waals surface area contributed by atoms with E-state index in [2.05, 4.69) is 30.4 Å². The summed E-state index contributed by atoms with van der Waals surface area (Å²) >= 11 is 0. The van der Waals surface area contributed by atoms with Crippen molar-refractivity contribution >= 4 is 17.9 Å². The Kier molecular flexibility index (Phi) is 3.96. The maximum absolute atomic E-state index is 12.3. The molecular formula is C19H19NO2. The van der Waals surface area contributed by atoms with Crippen LogP contribution in [0.15, 0.2) is 54.6 Å². The molecule has 3 heteroatoms. The van der Waals surface area contributed by atoms with E-state index in [1.807, 2.05) is 37.3 Å². The van der Waals surface area contributed by atoms with Gasteiger partial charge in [-0.05, 0) is 36.6 Å². The summed E-state index contributed by atoms with van der Waals surface area (Å²) in [5.41, 5.74) is 4.33. The van der Waals surface area contributed by atoms with E-state index in [1.54, 1.807) is 4.90 Å². The molecule has 3 rings (SSSR count). The van der Waals surface area contributed by atoms with Crippen molar-refractivity contribution in [2.24, 2.45) is 0 Å². The highest BCUT2D eigenvalue weighted by Gasteiger charge is 2.28. The second-order valence-corrected chi connectivity index (χ2v) is 5.52. The van der Waals surface area contributed by atoms with Gasteiger partial charge < -0.3 is 4.74 Å². The molecule has 0 bridgehead atoms. The molecule has 0 aliphatic carbocycles. The first-order valence-electron chi connectivity index (χ1n) is 7.39. The summed E-state index contributed by atoms with van der Waals surface area (Å²) in [4.78, 5) is 14.0. The maximum Gasteiger partial charge on any atom is 0.414 e. The van der Waals surface area contributed by atoms with Gasteiger partial charge in [-0.25, -0.2) is 4.79 Å². The van der Waals surface area contributed by atoms with Gasteiger partial charge in [0.25, 0.3) is 0 Å². The number of ether oxygens (including phenoxy) is 1. The Balaban J connectivity index is 1.97. The van der Waals surface area contributed by atoms with Gasteiger partial charge in [-0.3, -0.25) is 4.90 Å². The number of amides is 1. The van der Waals surface area contributed by atoms with Crippen molar-refractivity contribution in [2.45, 2.75) is 19.4 Å². The molecule has 0 radical (unpaired) electrons. The van der Waals surface area contributed by atoms with Crippen molar-refractivity contribution in [1.82, 2.24) is 0 Å². The van der Waals surface area contributed by atoms with E-state index in [4.69, 9.17) is 4.74 Å². The Hall–Kier alpha value is -2.55. The number of nitrogens with zero attached hydrogens (tertiary/aromatic N) is 1. The first-order valence-corrected chi connectivity index (χ1v) is 7.39. The minimum absolute atomic E-state index is 0.0370. The van der Waals surface area contributed by atoms with Gasteiger partial charge >= 0.3 is 6.09 Å². The van der Waals surface area contributed by atoms with Crippen molar-refractivity contribution in [1.29, 1.82) is 0 Å². The molecule has 0 saturated heterocycles. The molecule has 0 saturated carbocycles. The summed E-state index contributed by atoms with van der Waals surface area (Å²) in [6.07, 6.45) is 4.61. The number of hydrogen-bond acceptors (Lipinski definition) is 2. The lowest BCUT2D eigenvalue weighted by Crippen LogP contribution is -2.42. The Morgan fingerprint density at radius 3 is 2.68 bits per heavy atom. The summed E-state index contributed by atoms with van der Waals surface area (Å²) in [6.45, 7) is 2.05. The third-order valence-electron chi connectivity index (χ3n) is 3.93. The Morgan fingerprint density at radius 1 is 1.18 bits per heavy atom. The molecule has 1 unspecified atom stereocenters. The minimum Gasteiger partial charge on any atom is -0.452 e. The van der Waals surface area contributed by atoms with E-state index < -0.39 is 0 Å². The summed E-state index contributed by atoms with van der Waals surface area (Å²) in [6, 6.07) is 16.2. The summed E-state index contributed by atoms with van der Waals surface area (Å²) in [5, 5.41) is 0. The standard InChI is InChI=1S/C19H19NO2/c1-14-8-11-18-16(12-14)9-10-17(20(18)19(21)22-2)13-15-6-4-3-5-7-15/h3-12,17H,13H2,1-2H3. The van der Waals surface area contributed by atoms with Crippen LogP contribution in [0.2, 0.25) is 0 Å². The monoisotopic (exact) mass is 293 g/mol. The highest BCUT2D eigenvalue weighted by Crippen LogP contribution is 2.31. The van der Waals surface area contributed by atoms with Crippen LogP contribution in [-0.2, 0) is 11.2 Å². The topological polar surface area (TPSA) is 29.5 Å². The number of rotatable bonds is 2. The molecule has 1 aliphatic heterocycles. The van der Waals surface area contributed by atoms with Crippen LogP contribution in [0.3, 0.4) is 0 Å². The van der Waals surface area contributed by atoms with Crippen LogP contribution < -0.4 is 4.90 Å². The predicted octanol–water partition coefficient (Wildman–Crippen LogP) is 4.21. The normalized spacial score (nSPS) is 16.3. The summed E-state index contributed by atoms with van der Waals surface area (Å²) in [5.74, 6) is 0. The molecular weight excluding hydrogens is 274 g/mol. The molecule has 0 aromatic heterocycles. The smallest absolute Gasteiger partial charge is 0.414 e. The van der Waals surface area contributed by atoms with Gasteiger partial charge in [0.1, 0.15) is 0 Å². The zero-order valence-electron chi connectivity index (χ0n) is 12.8. The largest absolute Gasteiger partial charge is 0.452 e. The molecule has 2 aromatic carbocycles. The fourth-order valence-corrected chi connectivity index (χ4v) is 2.85. The number of benzene rings is 2. The fraction of sp³-hybridized carbons (Fsp3) is 0.211. The van der Waals surface area contributed by atoms with Crippen LogP contribution >= 0.6 is 0 Å². The molecule has 3 nitrogen and oxygen atoms in total. The van der Waals surface area contributed by atoms with E-state index in [0.29, 0.717) is 0 Å². The SMILES string of the molecule is COC(=O)N1c2ccc(C)cc2C=CC1Cc1ccccc1. The molecule has 0 fully saturated rings. The van der Waals surface area contributed by atoms with Crippen molar-refractivity contribution < 1.29 is 9.53 Å². The van der Waals surface area contributed by atoms with E-state index >= 15 is 0 Å². The molecule has 112 valence electrons. The summed E-state index contributed by atoms with van der Waals surface area (Å²) in [7, 11) is 1.42. The molecule has 1 amide bonds. The molecule has 0 N–H and O–H groups in total. The van der Waals surface area contributed by atoms with Crippen molar-refractivity contribution in [2.75, 3.05) is 12.0 Å². The third-order valence-corrected chi connectivity index (χ3v) is 3.93. The van der Waals surface area contributed by atoms with Crippen LogP contribution in [0.5, 0.6) is 0 Å². The number of carbonyl (C=O) groups is 1. The lowest BCUT2D eigenvalue weighted by molar-refractivity contribution is 0.177. The summed E-state index contributed by atoms with van der Waals surface area (Å²) < 4.78 is 5.00. The van der Waals surface area contributed by atoms with Gasteiger partial charge in [0.2, 0.25) is 0 Å². The number of hydrogen-bond donors (Lipinski definition) is 0. The van der Waals surface area contributed by atoms with Gasteiger partial charge in [-0.2, -0.15) is 0 Å². The Morgan fingerprint density at radius 2 is 1.95 bits per heavy atom. The number of anilines is 1. The first kappa shape index (κ1) is 14.4. The lowest BCUT2D eigenvalue weighted by Gasteiger charge is -2.33. The predicted molar refractivity (Wildman–Crippen MR) is 89.0 cm³/mol. The highest BCUT2D eigenvalue weighted by molar-refractivity contribution is 5.93. The zero-order chi connectivity index (χ0) is 15.5. The van der Waals surface area contributed by atoms with Crippen LogP contribution in [-0.4, -0.2) is 19.2 Å². The number of fused-ring (bicyclic) bond motifs is 1. The van der Waals surface area contributed by atoms with Crippen LogP contribution in [0, 0.1) is 6.92 Å². The molecule has 0 spiro atoms. The van der Waals surface area contributed by atoms with Crippen LogP contribution in [0.25, 0.3) is 6.08 Å². The number of carbonyl (C=O) groups excluding carboxylic acids is 1. The van der Waals surface area contributed by atoms with Gasteiger partial charge in [0.05, 0.1) is 18.8 Å². The average molecular weight is 293 g/mol. The molecule has 1 aliphatic rings. The van der Waals surface area contributed by atoms with Gasteiger partial charge in [0.15, 0.2) is 0 Å². The van der Waals surface area contributed by atoms with Gasteiger partial charge in [0, 0.05) is 0 Å². The third kappa shape index (κ3) is 2.75. The van der Waals surface area contributed by atoms with Crippen molar-refractivity contribution in [3.05, 3.63) is 71.3 Å². The molecule has 1 heterocycles. The van der Waals surface area contributed by atoms with E-state index in [0.717, 1.165) is 17.7 Å². The fourth-order valence-electron chi connectivity index (χ4n) is 2.85. The van der Waals surface area contributed by atoms with E-state index in [9.17, 15) is 4.79 Å². The quantitative estimate of drug-likeness (QED) is 0.830. The van der Waals surface area contributed by atoms with Gasteiger partial charge in [-0.1, -0.05) is 54.1 Å². The number of aryl methyl sites for hydroxylation is 1. The van der Waals surface area contributed by atoms with E-state index in [1.165, 1.54) is 18.2 Å². The van der Waals surface area contributed by atoms with Gasteiger partial charge in [-0.15, -0.1) is 0 Å². The lowest BCUT2D eigenvalue weighted by atomic mass is 9.97. The van der Waals surface area contributed by atoms with Crippen LogP contribution in [0.1, 0.15) is 16.7 Å². The van der Waals surface area contributed by atoms with Crippen molar-refractivity contribution in [3.63, 3.8) is 0 Å². The average Bonchev–Trinajstić information content (AvgIpc) is 2.55. The zero-order valence-corrected chi connectivity index (χ0v) is 12.8. The highest BCUT2D eigenvalue weighted by atomic mass is 16.5. The molecule has 22 heavy (non-hydrogen) atoms.